The zero-order valence-corrected chi connectivity index (χ0v) is 14.3. The monoisotopic (exact) mass is 336 g/mol. The first-order chi connectivity index (χ1) is 9.01. The molecule has 1 aliphatic rings. The number of carbonyl (C=O) groups excluding carboxylic acids is 1. The van der Waals surface area contributed by atoms with Crippen LogP contribution in [0.5, 0.6) is 0 Å². The van der Waals surface area contributed by atoms with E-state index in [1.807, 2.05) is 13.1 Å². The minimum Gasteiger partial charge on any atom is -0.354 e. The molecule has 1 unspecified atom stereocenters. The Morgan fingerprint density at radius 2 is 2.10 bits per heavy atom. The molecule has 0 bridgehead atoms. The van der Waals surface area contributed by atoms with Gasteiger partial charge in [-0.25, -0.2) is 4.98 Å². The Labute approximate surface area is 138 Å². The maximum atomic E-state index is 12.1. The molecule has 1 amide bonds. The van der Waals surface area contributed by atoms with Crippen molar-refractivity contribution in [1.29, 1.82) is 0 Å². The van der Waals surface area contributed by atoms with Crippen molar-refractivity contribution in [3.05, 3.63) is 18.2 Å². The molecule has 7 heteroatoms. The molecule has 1 aliphatic carbocycles. The Hall–Kier alpha value is -0.780. The zero-order valence-electron chi connectivity index (χ0n) is 12.7. The highest BCUT2D eigenvalue weighted by molar-refractivity contribution is 5.86. The normalized spacial score (nSPS) is 17.5. The molecule has 122 valence electrons. The summed E-state index contributed by atoms with van der Waals surface area (Å²) < 4.78 is 2.10. The summed E-state index contributed by atoms with van der Waals surface area (Å²) in [5.74, 6) is 1.38. The van der Waals surface area contributed by atoms with E-state index >= 15 is 0 Å². The first-order valence-electron chi connectivity index (χ1n) is 7.06. The van der Waals surface area contributed by atoms with E-state index in [2.05, 4.69) is 21.8 Å². The van der Waals surface area contributed by atoms with Crippen molar-refractivity contribution in [1.82, 2.24) is 14.9 Å². The number of amides is 1. The largest absolute Gasteiger partial charge is 0.354 e. The van der Waals surface area contributed by atoms with Crippen LogP contribution in [0, 0.1) is 12.8 Å². The first-order valence-corrected chi connectivity index (χ1v) is 7.06. The summed E-state index contributed by atoms with van der Waals surface area (Å²) in [7, 11) is 0. The molecule has 1 atom stereocenters. The smallest absolute Gasteiger partial charge is 0.240 e. The summed E-state index contributed by atoms with van der Waals surface area (Å²) in [6.45, 7) is 5.63. The van der Waals surface area contributed by atoms with Gasteiger partial charge in [0.15, 0.2) is 0 Å². The third-order valence-electron chi connectivity index (χ3n) is 3.99. The van der Waals surface area contributed by atoms with Crippen LogP contribution in [-0.2, 0) is 11.3 Å². The summed E-state index contributed by atoms with van der Waals surface area (Å²) in [4.78, 5) is 16.3. The summed E-state index contributed by atoms with van der Waals surface area (Å²) in [6.07, 6.45) is 7.52. The molecule has 21 heavy (non-hydrogen) atoms. The van der Waals surface area contributed by atoms with E-state index in [4.69, 9.17) is 5.73 Å². The molecule has 0 spiro atoms. The number of carbonyl (C=O) groups is 1. The quantitative estimate of drug-likeness (QED) is 0.864. The molecule has 0 radical (unpaired) electrons. The van der Waals surface area contributed by atoms with Gasteiger partial charge in [0.1, 0.15) is 5.82 Å². The standard InChI is InChI=1S/C14H24N4O.2ClH/c1-11(10-18-8-7-16-12(18)2)9-17-13(19)14(15)5-3-4-6-14;;/h7-8,11H,3-6,9-10,15H2,1-2H3,(H,17,19);2*1H. The van der Waals surface area contributed by atoms with Crippen molar-refractivity contribution >= 4 is 30.7 Å². The number of nitrogens with two attached hydrogens (primary N) is 1. The van der Waals surface area contributed by atoms with E-state index < -0.39 is 5.54 Å². The number of imidazole rings is 1. The van der Waals surface area contributed by atoms with Crippen LogP contribution in [0.3, 0.4) is 0 Å². The lowest BCUT2D eigenvalue weighted by molar-refractivity contribution is -0.126. The topological polar surface area (TPSA) is 72.9 Å². The second-order valence-corrected chi connectivity index (χ2v) is 5.81. The fourth-order valence-electron chi connectivity index (χ4n) is 2.67. The molecule has 0 saturated heterocycles. The molecular formula is C14H26Cl2N4O. The molecule has 1 fully saturated rings. The molecule has 1 aromatic rings. The Bertz CT molecular complexity index is 444. The van der Waals surface area contributed by atoms with Crippen LogP contribution in [0.1, 0.15) is 38.4 Å². The maximum absolute atomic E-state index is 12.1. The predicted octanol–water partition coefficient (Wildman–Crippen LogP) is 2.06. The number of hydrogen-bond acceptors (Lipinski definition) is 3. The second-order valence-electron chi connectivity index (χ2n) is 5.81. The van der Waals surface area contributed by atoms with Crippen molar-refractivity contribution in [2.45, 2.75) is 51.6 Å². The van der Waals surface area contributed by atoms with Gasteiger partial charge >= 0.3 is 0 Å². The predicted molar refractivity (Wildman–Crippen MR) is 89.0 cm³/mol. The number of halogens is 2. The Morgan fingerprint density at radius 3 is 2.62 bits per heavy atom. The lowest BCUT2D eigenvalue weighted by Crippen LogP contribution is -2.52. The van der Waals surface area contributed by atoms with Gasteiger partial charge in [-0.2, -0.15) is 0 Å². The van der Waals surface area contributed by atoms with Crippen LogP contribution < -0.4 is 11.1 Å². The van der Waals surface area contributed by atoms with Gasteiger partial charge in [-0.15, -0.1) is 24.8 Å². The van der Waals surface area contributed by atoms with Gasteiger partial charge < -0.3 is 15.6 Å². The summed E-state index contributed by atoms with van der Waals surface area (Å²) in [5, 5.41) is 3.00. The van der Waals surface area contributed by atoms with Crippen LogP contribution in [0.4, 0.5) is 0 Å². The van der Waals surface area contributed by atoms with Crippen LogP contribution >= 0.6 is 24.8 Å². The van der Waals surface area contributed by atoms with E-state index in [1.54, 1.807) is 6.20 Å². The molecule has 2 rings (SSSR count). The summed E-state index contributed by atoms with van der Waals surface area (Å²) in [6, 6.07) is 0. The second kappa shape index (κ2) is 8.61. The lowest BCUT2D eigenvalue weighted by Gasteiger charge is -2.23. The molecule has 0 aliphatic heterocycles. The third kappa shape index (κ3) is 5.16. The minimum atomic E-state index is -0.620. The third-order valence-corrected chi connectivity index (χ3v) is 3.99. The number of nitrogens with zero attached hydrogens (tertiary/aromatic N) is 2. The fraction of sp³-hybridized carbons (Fsp3) is 0.714. The SMILES string of the molecule is Cc1nccn1CC(C)CNC(=O)C1(N)CCCC1.Cl.Cl. The highest BCUT2D eigenvalue weighted by Crippen LogP contribution is 2.27. The highest BCUT2D eigenvalue weighted by Gasteiger charge is 2.36. The van der Waals surface area contributed by atoms with Gasteiger partial charge in [0, 0.05) is 25.5 Å². The number of nitrogens with one attached hydrogen (secondary N) is 1. The molecule has 1 saturated carbocycles. The van der Waals surface area contributed by atoms with Gasteiger partial charge in [-0.1, -0.05) is 19.8 Å². The molecular weight excluding hydrogens is 311 g/mol. The van der Waals surface area contributed by atoms with Crippen LogP contribution in [0.15, 0.2) is 12.4 Å². The molecule has 1 heterocycles. The average molecular weight is 337 g/mol. The zero-order chi connectivity index (χ0) is 13.9. The van der Waals surface area contributed by atoms with Crippen molar-refractivity contribution < 1.29 is 4.79 Å². The van der Waals surface area contributed by atoms with E-state index in [-0.39, 0.29) is 30.7 Å². The van der Waals surface area contributed by atoms with Crippen molar-refractivity contribution in [3.63, 3.8) is 0 Å². The van der Waals surface area contributed by atoms with Gasteiger partial charge in [0.25, 0.3) is 0 Å². The van der Waals surface area contributed by atoms with Crippen LogP contribution in [0.2, 0.25) is 0 Å². The van der Waals surface area contributed by atoms with E-state index in [9.17, 15) is 4.79 Å². The Balaban J connectivity index is 0.00000200. The first kappa shape index (κ1) is 20.2. The minimum absolute atomic E-state index is 0. The van der Waals surface area contributed by atoms with E-state index in [1.165, 1.54) is 0 Å². The number of aromatic nitrogens is 2. The Kier molecular flexibility index (Phi) is 8.29. The average Bonchev–Trinajstić information content (AvgIpc) is 2.97. The van der Waals surface area contributed by atoms with Gasteiger partial charge in [0.05, 0.1) is 5.54 Å². The van der Waals surface area contributed by atoms with Crippen molar-refractivity contribution in [2.24, 2.45) is 11.7 Å². The summed E-state index contributed by atoms with van der Waals surface area (Å²) in [5.41, 5.74) is 5.50. The van der Waals surface area contributed by atoms with Gasteiger partial charge in [-0.05, 0) is 25.7 Å². The fourth-order valence-corrected chi connectivity index (χ4v) is 2.67. The Morgan fingerprint density at radius 1 is 1.48 bits per heavy atom. The number of hydrogen-bond donors (Lipinski definition) is 2. The van der Waals surface area contributed by atoms with Crippen LogP contribution in [0.25, 0.3) is 0 Å². The molecule has 5 nitrogen and oxygen atoms in total. The van der Waals surface area contributed by atoms with Crippen molar-refractivity contribution in [2.75, 3.05) is 6.54 Å². The molecule has 1 aromatic heterocycles. The van der Waals surface area contributed by atoms with E-state index in [0.717, 1.165) is 38.1 Å². The van der Waals surface area contributed by atoms with Crippen LogP contribution in [-0.4, -0.2) is 27.5 Å². The lowest BCUT2D eigenvalue weighted by atomic mass is 9.98. The van der Waals surface area contributed by atoms with Gasteiger partial charge in [0.2, 0.25) is 5.91 Å². The van der Waals surface area contributed by atoms with Crippen molar-refractivity contribution in [3.8, 4) is 0 Å². The van der Waals surface area contributed by atoms with Gasteiger partial charge in [-0.3, -0.25) is 4.79 Å². The van der Waals surface area contributed by atoms with E-state index in [0.29, 0.717) is 12.5 Å². The number of rotatable bonds is 5. The highest BCUT2D eigenvalue weighted by atomic mass is 35.5. The molecule has 0 aromatic carbocycles. The number of aryl methyl sites for hydroxylation is 1. The maximum Gasteiger partial charge on any atom is 0.240 e. The summed E-state index contributed by atoms with van der Waals surface area (Å²) >= 11 is 0. The molecule has 3 N–H and O–H groups in total.